The molecule has 0 atom stereocenters. The van der Waals surface area contributed by atoms with Gasteiger partial charge in [-0.05, 0) is 12.0 Å². The van der Waals surface area contributed by atoms with Gasteiger partial charge >= 0.3 is 0 Å². The predicted molar refractivity (Wildman–Crippen MR) is 56.0 cm³/mol. The number of hydrogen-bond acceptors (Lipinski definition) is 2. The van der Waals surface area contributed by atoms with E-state index in [2.05, 4.69) is 0 Å². The molecule has 1 aromatic rings. The quantitative estimate of drug-likeness (QED) is 0.790. The van der Waals surface area contributed by atoms with Crippen LogP contribution >= 0.6 is 0 Å². The van der Waals surface area contributed by atoms with Crippen LogP contribution in [0.2, 0.25) is 0 Å². The standard InChI is InChI=1S/C12H16O2/c1-12(2,11(14)9-13)8-10-6-4-3-5-7-10/h3-7,13H,8-9H2,1-2H3. The zero-order valence-electron chi connectivity index (χ0n) is 8.66. The molecule has 0 saturated heterocycles. The Labute approximate surface area is 84.6 Å². The Bertz CT molecular complexity index is 301. The van der Waals surface area contributed by atoms with E-state index in [1.165, 1.54) is 0 Å². The van der Waals surface area contributed by atoms with Gasteiger partial charge in [-0.3, -0.25) is 4.79 Å². The molecule has 0 amide bonds. The first-order chi connectivity index (χ1) is 6.56. The predicted octanol–water partition coefficient (Wildman–Crippen LogP) is 1.82. The second-order valence-electron chi connectivity index (χ2n) is 4.13. The number of benzene rings is 1. The molecule has 0 aliphatic rings. The largest absolute Gasteiger partial charge is 0.389 e. The molecule has 14 heavy (non-hydrogen) atoms. The van der Waals surface area contributed by atoms with Crippen LogP contribution in [0, 0.1) is 5.41 Å². The van der Waals surface area contributed by atoms with E-state index in [0.29, 0.717) is 6.42 Å². The molecule has 2 nitrogen and oxygen atoms in total. The number of aliphatic hydroxyl groups is 1. The van der Waals surface area contributed by atoms with Crippen molar-refractivity contribution in [2.45, 2.75) is 20.3 Å². The summed E-state index contributed by atoms with van der Waals surface area (Å²) < 4.78 is 0. The Morgan fingerprint density at radius 2 is 1.86 bits per heavy atom. The third kappa shape index (κ3) is 2.67. The van der Waals surface area contributed by atoms with Crippen LogP contribution in [0.1, 0.15) is 19.4 Å². The number of rotatable bonds is 4. The van der Waals surface area contributed by atoms with Crippen molar-refractivity contribution in [3.05, 3.63) is 35.9 Å². The maximum absolute atomic E-state index is 11.4. The molecular formula is C12H16O2. The molecule has 0 aliphatic heterocycles. The molecule has 0 fully saturated rings. The highest BCUT2D eigenvalue weighted by Crippen LogP contribution is 2.22. The number of Topliss-reactive ketones (excluding diaryl/α,β-unsaturated/α-hetero) is 1. The Morgan fingerprint density at radius 1 is 1.29 bits per heavy atom. The minimum Gasteiger partial charge on any atom is -0.389 e. The number of carbonyl (C=O) groups excluding carboxylic acids is 1. The van der Waals surface area contributed by atoms with Gasteiger partial charge in [0.1, 0.15) is 6.61 Å². The molecule has 0 spiro atoms. The molecule has 0 radical (unpaired) electrons. The highest BCUT2D eigenvalue weighted by Gasteiger charge is 2.26. The third-order valence-electron chi connectivity index (χ3n) is 2.39. The summed E-state index contributed by atoms with van der Waals surface area (Å²) in [5, 5.41) is 8.80. The van der Waals surface area contributed by atoms with Crippen molar-refractivity contribution in [3.8, 4) is 0 Å². The first kappa shape index (κ1) is 10.9. The van der Waals surface area contributed by atoms with E-state index in [1.807, 2.05) is 44.2 Å². The molecule has 1 aromatic carbocycles. The van der Waals surface area contributed by atoms with Gasteiger partial charge in [-0.25, -0.2) is 0 Å². The van der Waals surface area contributed by atoms with Gasteiger partial charge in [0.05, 0.1) is 0 Å². The van der Waals surface area contributed by atoms with E-state index in [0.717, 1.165) is 5.56 Å². The zero-order valence-corrected chi connectivity index (χ0v) is 8.66. The van der Waals surface area contributed by atoms with Crippen molar-refractivity contribution >= 4 is 5.78 Å². The van der Waals surface area contributed by atoms with E-state index in [-0.39, 0.29) is 12.4 Å². The minimum absolute atomic E-state index is 0.110. The van der Waals surface area contributed by atoms with Gasteiger partial charge in [0.25, 0.3) is 0 Å². The molecule has 0 aliphatic carbocycles. The summed E-state index contributed by atoms with van der Waals surface area (Å²) in [6.45, 7) is 3.34. The van der Waals surface area contributed by atoms with Gasteiger partial charge in [0, 0.05) is 5.41 Å². The second kappa shape index (κ2) is 4.38. The molecular weight excluding hydrogens is 176 g/mol. The average molecular weight is 192 g/mol. The summed E-state index contributed by atoms with van der Waals surface area (Å²) in [4.78, 5) is 11.4. The lowest BCUT2D eigenvalue weighted by atomic mass is 9.82. The van der Waals surface area contributed by atoms with Crippen LogP contribution in [0.15, 0.2) is 30.3 Å². The summed E-state index contributed by atoms with van der Waals surface area (Å²) in [7, 11) is 0. The fourth-order valence-electron chi connectivity index (χ4n) is 1.42. The lowest BCUT2D eigenvalue weighted by molar-refractivity contribution is -0.129. The maximum Gasteiger partial charge on any atom is 0.164 e. The van der Waals surface area contributed by atoms with Gasteiger partial charge in [0.2, 0.25) is 0 Å². The van der Waals surface area contributed by atoms with Crippen LogP contribution in [0.5, 0.6) is 0 Å². The normalized spacial score (nSPS) is 11.4. The Balaban J connectivity index is 2.73. The Hall–Kier alpha value is -1.15. The monoisotopic (exact) mass is 192 g/mol. The van der Waals surface area contributed by atoms with Crippen molar-refractivity contribution in [3.63, 3.8) is 0 Å². The molecule has 76 valence electrons. The first-order valence-corrected chi connectivity index (χ1v) is 4.74. The number of aliphatic hydroxyl groups excluding tert-OH is 1. The Morgan fingerprint density at radius 3 is 2.36 bits per heavy atom. The number of ketones is 1. The fraction of sp³-hybridized carbons (Fsp3) is 0.417. The molecule has 0 aromatic heterocycles. The highest BCUT2D eigenvalue weighted by molar-refractivity contribution is 5.85. The SMILES string of the molecule is CC(C)(Cc1ccccc1)C(=O)CO. The summed E-state index contributed by atoms with van der Waals surface area (Å²) >= 11 is 0. The van der Waals surface area contributed by atoms with Crippen LogP contribution < -0.4 is 0 Å². The smallest absolute Gasteiger partial charge is 0.164 e. The van der Waals surface area contributed by atoms with Crippen molar-refractivity contribution in [2.75, 3.05) is 6.61 Å². The van der Waals surface area contributed by atoms with E-state index in [9.17, 15) is 4.79 Å². The number of carbonyl (C=O) groups is 1. The van der Waals surface area contributed by atoms with Gasteiger partial charge in [-0.2, -0.15) is 0 Å². The van der Waals surface area contributed by atoms with E-state index >= 15 is 0 Å². The second-order valence-corrected chi connectivity index (χ2v) is 4.13. The van der Waals surface area contributed by atoms with Gasteiger partial charge in [0.15, 0.2) is 5.78 Å². The topological polar surface area (TPSA) is 37.3 Å². The highest BCUT2D eigenvalue weighted by atomic mass is 16.3. The molecule has 0 bridgehead atoms. The van der Waals surface area contributed by atoms with E-state index < -0.39 is 5.41 Å². The Kier molecular flexibility index (Phi) is 3.42. The average Bonchev–Trinajstić information content (AvgIpc) is 2.17. The first-order valence-electron chi connectivity index (χ1n) is 4.74. The van der Waals surface area contributed by atoms with Crippen LogP contribution in [0.3, 0.4) is 0 Å². The van der Waals surface area contributed by atoms with E-state index in [4.69, 9.17) is 5.11 Å². The summed E-state index contributed by atoms with van der Waals surface area (Å²) in [6, 6.07) is 9.84. The zero-order chi connectivity index (χ0) is 10.6. The third-order valence-corrected chi connectivity index (χ3v) is 2.39. The van der Waals surface area contributed by atoms with Gasteiger partial charge < -0.3 is 5.11 Å². The molecule has 1 N–H and O–H groups in total. The van der Waals surface area contributed by atoms with Crippen LogP contribution in [0.25, 0.3) is 0 Å². The number of hydrogen-bond donors (Lipinski definition) is 1. The van der Waals surface area contributed by atoms with Crippen LogP contribution in [-0.4, -0.2) is 17.5 Å². The van der Waals surface area contributed by atoms with Crippen molar-refractivity contribution in [1.29, 1.82) is 0 Å². The lowest BCUT2D eigenvalue weighted by Crippen LogP contribution is -2.29. The molecule has 2 heteroatoms. The van der Waals surface area contributed by atoms with Crippen LogP contribution in [0.4, 0.5) is 0 Å². The lowest BCUT2D eigenvalue weighted by Gasteiger charge is -2.21. The fourth-order valence-corrected chi connectivity index (χ4v) is 1.42. The summed E-state index contributed by atoms with van der Waals surface area (Å²) in [6.07, 6.45) is 0.674. The van der Waals surface area contributed by atoms with Crippen molar-refractivity contribution in [1.82, 2.24) is 0 Å². The van der Waals surface area contributed by atoms with Gasteiger partial charge in [-0.1, -0.05) is 44.2 Å². The molecule has 0 unspecified atom stereocenters. The molecule has 1 rings (SSSR count). The van der Waals surface area contributed by atoms with Crippen LogP contribution in [-0.2, 0) is 11.2 Å². The van der Waals surface area contributed by atoms with Crippen molar-refractivity contribution in [2.24, 2.45) is 5.41 Å². The van der Waals surface area contributed by atoms with Gasteiger partial charge in [-0.15, -0.1) is 0 Å². The maximum atomic E-state index is 11.4. The minimum atomic E-state index is -0.476. The summed E-state index contributed by atoms with van der Waals surface area (Å²) in [5.74, 6) is -0.110. The molecule has 0 heterocycles. The van der Waals surface area contributed by atoms with Crippen molar-refractivity contribution < 1.29 is 9.90 Å². The van der Waals surface area contributed by atoms with E-state index in [1.54, 1.807) is 0 Å². The molecule has 0 saturated carbocycles. The summed E-state index contributed by atoms with van der Waals surface area (Å²) in [5.41, 5.74) is 0.648.